The molecule has 0 aliphatic rings. The first-order valence-electron chi connectivity index (χ1n) is 5.20. The highest BCUT2D eigenvalue weighted by Gasteiger charge is 2.03. The predicted molar refractivity (Wildman–Crippen MR) is 57.3 cm³/mol. The highest BCUT2D eigenvalue weighted by atomic mass is 16.7. The van der Waals surface area contributed by atoms with Crippen LogP contribution in [0.25, 0.3) is 0 Å². The quantitative estimate of drug-likeness (QED) is 0.388. The molecule has 0 aromatic heterocycles. The first-order chi connectivity index (χ1) is 7.35. The van der Waals surface area contributed by atoms with Gasteiger partial charge in [-0.1, -0.05) is 13.3 Å². The van der Waals surface area contributed by atoms with E-state index in [0.717, 1.165) is 19.4 Å². The van der Waals surface area contributed by atoms with Crippen molar-refractivity contribution >= 4 is 0 Å². The van der Waals surface area contributed by atoms with E-state index in [2.05, 4.69) is 11.8 Å². The Morgan fingerprint density at radius 3 is 1.87 bits per heavy atom. The van der Waals surface area contributed by atoms with Crippen LogP contribution in [0.4, 0.5) is 0 Å². The molecule has 0 N–H and O–H groups in total. The van der Waals surface area contributed by atoms with Gasteiger partial charge in [-0.2, -0.15) is 0 Å². The molecule has 0 fully saturated rings. The second kappa shape index (κ2) is 11.9. The van der Waals surface area contributed by atoms with E-state index in [-0.39, 0.29) is 0 Å². The van der Waals surface area contributed by atoms with Crippen LogP contribution >= 0.6 is 0 Å². The Balaban J connectivity index is 3.53. The largest absolute Gasteiger partial charge is 0.359 e. The van der Waals surface area contributed by atoms with Gasteiger partial charge in [-0.15, -0.1) is 0 Å². The lowest BCUT2D eigenvalue weighted by atomic mass is 10.3. The molecule has 0 amide bonds. The number of ether oxygens (including phenoxy) is 4. The van der Waals surface area contributed by atoms with E-state index in [0.29, 0.717) is 27.0 Å². The first kappa shape index (κ1) is 14.8. The number of hydrogen-bond acceptors (Lipinski definition) is 5. The summed E-state index contributed by atoms with van der Waals surface area (Å²) in [6, 6.07) is 0. The Labute approximate surface area is 92.2 Å². The molecule has 0 rings (SSSR count). The lowest BCUT2D eigenvalue weighted by Crippen LogP contribution is -2.30. The topological polar surface area (TPSA) is 40.2 Å². The number of hydrogen-bond donors (Lipinski definition) is 0. The van der Waals surface area contributed by atoms with Gasteiger partial charge in [-0.05, 0) is 6.42 Å². The molecule has 0 aromatic rings. The van der Waals surface area contributed by atoms with Gasteiger partial charge in [0.05, 0.1) is 0 Å². The third kappa shape index (κ3) is 10.1. The molecule has 0 aliphatic heterocycles. The minimum atomic E-state index is 0.312. The average Bonchev–Trinajstić information content (AvgIpc) is 2.25. The first-order valence-corrected chi connectivity index (χ1v) is 5.20. The van der Waals surface area contributed by atoms with Crippen molar-refractivity contribution in [3.05, 3.63) is 0 Å². The summed E-state index contributed by atoms with van der Waals surface area (Å²) in [6.45, 7) is 4.79. The molecule has 0 bridgehead atoms. The summed E-state index contributed by atoms with van der Waals surface area (Å²) >= 11 is 0. The molecule has 0 radical (unpaired) electrons. The van der Waals surface area contributed by atoms with Gasteiger partial charge in [-0.25, -0.2) is 0 Å². The van der Waals surface area contributed by atoms with Crippen molar-refractivity contribution in [3.63, 3.8) is 0 Å². The van der Waals surface area contributed by atoms with Crippen molar-refractivity contribution in [3.8, 4) is 0 Å². The maximum absolute atomic E-state index is 5.26. The number of methoxy groups -OCH3 is 2. The molecule has 0 unspecified atom stereocenters. The Kier molecular flexibility index (Phi) is 11.7. The zero-order valence-corrected chi connectivity index (χ0v) is 10.0. The summed E-state index contributed by atoms with van der Waals surface area (Å²) in [7, 11) is 3.22. The minimum absolute atomic E-state index is 0.312. The molecule has 0 saturated carbocycles. The lowest BCUT2D eigenvalue weighted by molar-refractivity contribution is -0.124. The van der Waals surface area contributed by atoms with Gasteiger partial charge in [0.1, 0.15) is 27.0 Å². The SMILES string of the molecule is CCCCN(COCOC)COCOC. The fourth-order valence-corrected chi connectivity index (χ4v) is 1.05. The van der Waals surface area contributed by atoms with Crippen LogP contribution in [0.15, 0.2) is 0 Å². The van der Waals surface area contributed by atoms with Gasteiger partial charge in [0.25, 0.3) is 0 Å². The summed E-state index contributed by atoms with van der Waals surface area (Å²) in [6.07, 6.45) is 2.29. The van der Waals surface area contributed by atoms with Crippen LogP contribution in [0.2, 0.25) is 0 Å². The van der Waals surface area contributed by atoms with E-state index < -0.39 is 0 Å². The van der Waals surface area contributed by atoms with Crippen LogP contribution in [0.3, 0.4) is 0 Å². The van der Waals surface area contributed by atoms with Gasteiger partial charge in [0, 0.05) is 20.8 Å². The summed E-state index contributed by atoms with van der Waals surface area (Å²) in [4.78, 5) is 2.07. The number of unbranched alkanes of at least 4 members (excludes halogenated alkanes) is 1. The predicted octanol–water partition coefficient (Wildman–Crippen LogP) is 1.24. The molecule has 0 heterocycles. The van der Waals surface area contributed by atoms with Gasteiger partial charge in [0.15, 0.2) is 0 Å². The van der Waals surface area contributed by atoms with Crippen LogP contribution in [0, 0.1) is 0 Å². The third-order valence-electron chi connectivity index (χ3n) is 1.78. The van der Waals surface area contributed by atoms with Crippen molar-refractivity contribution in [2.75, 3.05) is 47.8 Å². The van der Waals surface area contributed by atoms with E-state index >= 15 is 0 Å². The zero-order chi connectivity index (χ0) is 11.4. The summed E-state index contributed by atoms with van der Waals surface area (Å²) in [5.41, 5.74) is 0. The van der Waals surface area contributed by atoms with Crippen molar-refractivity contribution in [1.82, 2.24) is 4.90 Å². The van der Waals surface area contributed by atoms with Gasteiger partial charge < -0.3 is 18.9 Å². The third-order valence-corrected chi connectivity index (χ3v) is 1.78. The Morgan fingerprint density at radius 1 is 0.933 bits per heavy atom. The Bertz CT molecular complexity index is 114. The Morgan fingerprint density at radius 2 is 1.47 bits per heavy atom. The van der Waals surface area contributed by atoms with E-state index in [4.69, 9.17) is 18.9 Å². The van der Waals surface area contributed by atoms with Crippen LogP contribution in [0.5, 0.6) is 0 Å². The van der Waals surface area contributed by atoms with Gasteiger partial charge in [-0.3, -0.25) is 4.90 Å². The fourth-order valence-electron chi connectivity index (χ4n) is 1.05. The normalized spacial score (nSPS) is 11.2. The highest BCUT2D eigenvalue weighted by Crippen LogP contribution is 1.96. The molecule has 92 valence electrons. The smallest absolute Gasteiger partial charge is 0.148 e. The van der Waals surface area contributed by atoms with Gasteiger partial charge in [0.2, 0.25) is 0 Å². The van der Waals surface area contributed by atoms with E-state index in [1.54, 1.807) is 14.2 Å². The monoisotopic (exact) mass is 221 g/mol. The number of nitrogens with zero attached hydrogens (tertiary/aromatic N) is 1. The summed E-state index contributed by atoms with van der Waals surface area (Å²) in [5, 5.41) is 0. The van der Waals surface area contributed by atoms with Crippen LogP contribution in [-0.2, 0) is 18.9 Å². The van der Waals surface area contributed by atoms with E-state index in [1.165, 1.54) is 0 Å². The van der Waals surface area contributed by atoms with E-state index in [1.807, 2.05) is 0 Å². The molecule has 0 aliphatic carbocycles. The molecular formula is C10H23NO4. The van der Waals surface area contributed by atoms with Crippen LogP contribution in [0.1, 0.15) is 19.8 Å². The maximum atomic E-state index is 5.26. The summed E-state index contributed by atoms with van der Waals surface area (Å²) < 4.78 is 20.1. The standard InChI is InChI=1S/C10H23NO4/c1-4-5-6-11(7-14-9-12-2)8-15-10-13-3/h4-10H2,1-3H3. The van der Waals surface area contributed by atoms with Crippen LogP contribution in [-0.4, -0.2) is 52.7 Å². The van der Waals surface area contributed by atoms with Crippen molar-refractivity contribution in [2.24, 2.45) is 0 Å². The lowest BCUT2D eigenvalue weighted by Gasteiger charge is -2.21. The fraction of sp³-hybridized carbons (Fsp3) is 1.00. The second-order valence-corrected chi connectivity index (χ2v) is 3.23. The molecule has 15 heavy (non-hydrogen) atoms. The molecule has 5 nitrogen and oxygen atoms in total. The maximum Gasteiger partial charge on any atom is 0.148 e. The molecule has 5 heteroatoms. The molecular weight excluding hydrogens is 198 g/mol. The second-order valence-electron chi connectivity index (χ2n) is 3.23. The molecule has 0 aromatic carbocycles. The Hall–Kier alpha value is -0.200. The average molecular weight is 221 g/mol. The van der Waals surface area contributed by atoms with Crippen molar-refractivity contribution in [1.29, 1.82) is 0 Å². The van der Waals surface area contributed by atoms with Crippen LogP contribution < -0.4 is 0 Å². The number of rotatable bonds is 11. The molecule has 0 spiro atoms. The highest BCUT2D eigenvalue weighted by molar-refractivity contribution is 4.46. The van der Waals surface area contributed by atoms with Gasteiger partial charge >= 0.3 is 0 Å². The van der Waals surface area contributed by atoms with E-state index in [9.17, 15) is 0 Å². The molecule has 0 saturated heterocycles. The minimum Gasteiger partial charge on any atom is -0.359 e. The summed E-state index contributed by atoms with van der Waals surface area (Å²) in [5.74, 6) is 0. The van der Waals surface area contributed by atoms with Crippen molar-refractivity contribution < 1.29 is 18.9 Å². The van der Waals surface area contributed by atoms with Crippen molar-refractivity contribution in [2.45, 2.75) is 19.8 Å². The zero-order valence-electron chi connectivity index (χ0n) is 10.0. The molecule has 0 atom stereocenters.